The number of aliphatic carboxylic acids is 1. The van der Waals surface area contributed by atoms with Crippen molar-refractivity contribution in [3.05, 3.63) is 170 Å². The van der Waals surface area contributed by atoms with Gasteiger partial charge in [0.05, 0.1) is 34.4 Å². The number of hydrogen-bond acceptors (Lipinski definition) is 7. The van der Waals surface area contributed by atoms with Gasteiger partial charge in [0, 0.05) is 12.8 Å². The van der Waals surface area contributed by atoms with E-state index in [2.05, 4.69) is 184 Å². The number of carboxylic acid groups (broad SMARTS) is 1. The molecule has 526 valence electrons. The molecule has 2 atom stereocenters. The Kier molecular flexibility index (Phi) is 68.3. The van der Waals surface area contributed by atoms with Crippen molar-refractivity contribution < 1.29 is 42.9 Å². The molecule has 0 heterocycles. The molecule has 1 N–H and O–H groups in total. The van der Waals surface area contributed by atoms with E-state index < -0.39 is 24.3 Å². The molecule has 0 aliphatic rings. The molecule has 93 heavy (non-hydrogen) atoms. The Morgan fingerprint density at radius 1 is 0.323 bits per heavy atom. The zero-order valence-electron chi connectivity index (χ0n) is 60.1. The monoisotopic (exact) mass is 1290 g/mol. The average molecular weight is 1290 g/mol. The zero-order chi connectivity index (χ0) is 67.5. The smallest absolute Gasteiger partial charge is 0.361 e. The van der Waals surface area contributed by atoms with Crippen molar-refractivity contribution >= 4 is 17.9 Å². The molecule has 0 bridgehead atoms. The molecule has 0 radical (unpaired) electrons. The lowest BCUT2D eigenvalue weighted by atomic mass is 10.0. The topological polar surface area (TPSA) is 108 Å². The van der Waals surface area contributed by atoms with Gasteiger partial charge in [-0.05, 0) is 128 Å². The van der Waals surface area contributed by atoms with Crippen LogP contribution in [0, 0.1) is 0 Å². The number of likely N-dealkylation sites (N-methyl/N-ethyl adjacent to an activating group) is 1. The van der Waals surface area contributed by atoms with Gasteiger partial charge < -0.3 is 28.5 Å². The molecule has 0 amide bonds. The zero-order valence-corrected chi connectivity index (χ0v) is 60.1. The second kappa shape index (κ2) is 72.5. The van der Waals surface area contributed by atoms with Crippen molar-refractivity contribution in [3.63, 3.8) is 0 Å². The highest BCUT2D eigenvalue weighted by atomic mass is 16.7. The van der Waals surface area contributed by atoms with Crippen LogP contribution in [-0.2, 0) is 33.3 Å². The number of ether oxygens (including phenoxy) is 4. The Balaban J connectivity index is 4.11. The first kappa shape index (κ1) is 87.7. The number of carboxylic acids is 1. The number of carbonyl (C=O) groups excluding carboxylic acids is 2. The third-order valence-electron chi connectivity index (χ3n) is 15.5. The second-order valence-corrected chi connectivity index (χ2v) is 25.5. The van der Waals surface area contributed by atoms with Crippen molar-refractivity contribution in [3.8, 4) is 0 Å². The van der Waals surface area contributed by atoms with E-state index >= 15 is 0 Å². The van der Waals surface area contributed by atoms with Crippen LogP contribution in [0.4, 0.5) is 0 Å². The molecule has 0 aromatic heterocycles. The second-order valence-electron chi connectivity index (χ2n) is 25.5. The third-order valence-corrected chi connectivity index (χ3v) is 15.5. The molecule has 0 saturated heterocycles. The number of hydrogen-bond donors (Lipinski definition) is 1. The maximum absolute atomic E-state index is 13.0. The summed E-state index contributed by atoms with van der Waals surface area (Å²) in [7, 11) is 5.97. The van der Waals surface area contributed by atoms with E-state index in [1.165, 1.54) is 109 Å². The van der Waals surface area contributed by atoms with Crippen molar-refractivity contribution in [2.24, 2.45) is 0 Å². The number of quaternary nitrogens is 1. The summed E-state index contributed by atoms with van der Waals surface area (Å²) >= 11 is 0. The Hall–Kier alpha value is -5.35. The summed E-state index contributed by atoms with van der Waals surface area (Å²) in [6, 6.07) is 0. The van der Waals surface area contributed by atoms with Gasteiger partial charge in [0.15, 0.2) is 6.10 Å². The highest BCUT2D eigenvalue weighted by Crippen LogP contribution is 2.17. The first-order valence-electron chi connectivity index (χ1n) is 37.3. The van der Waals surface area contributed by atoms with Crippen LogP contribution in [0.3, 0.4) is 0 Å². The lowest BCUT2D eigenvalue weighted by Gasteiger charge is -2.25. The predicted octanol–water partition coefficient (Wildman–Crippen LogP) is 23.8. The molecule has 0 spiro atoms. The van der Waals surface area contributed by atoms with Crippen LogP contribution in [0.1, 0.15) is 284 Å². The first-order valence-corrected chi connectivity index (χ1v) is 37.3. The van der Waals surface area contributed by atoms with Gasteiger partial charge in [-0.25, -0.2) is 4.79 Å². The van der Waals surface area contributed by atoms with Crippen LogP contribution < -0.4 is 0 Å². The molecular weight excluding hydrogens is 1150 g/mol. The fourth-order valence-corrected chi connectivity index (χ4v) is 9.86. The summed E-state index contributed by atoms with van der Waals surface area (Å²) in [5, 5.41) is 9.76. The van der Waals surface area contributed by atoms with Gasteiger partial charge in [0.1, 0.15) is 13.2 Å². The van der Waals surface area contributed by atoms with E-state index in [0.717, 1.165) is 141 Å². The highest BCUT2D eigenvalue weighted by molar-refractivity contribution is 5.71. The number of rotatable bonds is 67. The normalized spacial score (nSPS) is 13.7. The largest absolute Gasteiger partial charge is 0.477 e. The van der Waals surface area contributed by atoms with Crippen molar-refractivity contribution in [1.82, 2.24) is 0 Å². The van der Waals surface area contributed by atoms with Gasteiger partial charge in [0.25, 0.3) is 6.29 Å². The SMILES string of the molecule is CC/C=C\C/C=C\C/C=C\C/C=C\C/C=C\C/C=C\C/C=C\C/C=C\CCCCCCCCCCCCCCCCCCC(=O)OC(COC(=O)CCCCCCCCCC/C=C\C/C=C\C/C=C\C/C=C\C/C=C\C/C=C\CC)COC(OCC[N+](C)(C)C)C(=O)O. The Morgan fingerprint density at radius 3 is 0.860 bits per heavy atom. The number of nitrogens with zero attached hydrogens (tertiary/aromatic N) is 1. The first-order chi connectivity index (χ1) is 45.6. The summed E-state index contributed by atoms with van der Waals surface area (Å²) in [5.41, 5.74) is 0. The summed E-state index contributed by atoms with van der Waals surface area (Å²) in [6.07, 6.45) is 106. The Bertz CT molecular complexity index is 2140. The third kappa shape index (κ3) is 73.9. The van der Waals surface area contributed by atoms with E-state index in [-0.39, 0.29) is 38.6 Å². The van der Waals surface area contributed by atoms with Crippen molar-refractivity contribution in [2.45, 2.75) is 296 Å². The number of esters is 2. The molecule has 9 nitrogen and oxygen atoms in total. The standard InChI is InChI=1S/C84H137NO8/c1-6-8-10-12-14-16-18-20-22-24-26-28-30-32-34-35-36-37-38-39-40-41-42-43-44-45-46-47-49-51-53-55-57-59-61-63-65-67-69-71-73-75-82(87)93-80(79-92-84(83(88)89)90-77-76-85(3,4)5)78-91-81(86)74-72-70-68-66-64-62-60-58-56-54-52-50-48-33-31-29-27-25-23-21-19-17-15-13-11-9-7-2/h8-11,14-17,20-23,26-29,32-34,36-37,39-40,42-43,48,52,54,80,84H,6-7,12-13,18-19,24-25,30-31,35,38,41,44-47,49-51,53,55-79H2,1-5H3/p+1/b10-8-,11-9-,16-14-,17-15-,22-20-,23-21-,28-26-,29-27-,34-32-,37-36-,40-39-,43-42-,48-33-,54-52-. The van der Waals surface area contributed by atoms with E-state index in [0.29, 0.717) is 17.4 Å². The molecule has 0 aromatic carbocycles. The molecule has 0 rings (SSSR count). The van der Waals surface area contributed by atoms with E-state index in [1.54, 1.807) is 0 Å². The van der Waals surface area contributed by atoms with E-state index in [1.807, 2.05) is 21.1 Å². The average Bonchev–Trinajstić information content (AvgIpc) is 3.38. The molecule has 0 fully saturated rings. The van der Waals surface area contributed by atoms with Crippen LogP contribution in [0.15, 0.2) is 170 Å². The molecule has 0 saturated carbocycles. The van der Waals surface area contributed by atoms with Gasteiger partial charge in [-0.1, -0.05) is 312 Å². The van der Waals surface area contributed by atoms with Crippen LogP contribution in [-0.4, -0.2) is 87.4 Å². The molecule has 0 aliphatic heterocycles. The molecular formula is C84H138NO8+. The maximum Gasteiger partial charge on any atom is 0.361 e. The fourth-order valence-electron chi connectivity index (χ4n) is 9.86. The minimum absolute atomic E-state index is 0.179. The fraction of sp³-hybridized carbons (Fsp3) is 0.631. The van der Waals surface area contributed by atoms with Gasteiger partial charge in [-0.3, -0.25) is 9.59 Å². The quantitative estimate of drug-likeness (QED) is 0.0211. The minimum Gasteiger partial charge on any atom is -0.477 e. The lowest BCUT2D eigenvalue weighted by Crippen LogP contribution is -2.40. The van der Waals surface area contributed by atoms with Crippen LogP contribution in [0.2, 0.25) is 0 Å². The summed E-state index contributed by atoms with van der Waals surface area (Å²) in [4.78, 5) is 37.7. The summed E-state index contributed by atoms with van der Waals surface area (Å²) in [6.45, 7) is 4.64. The van der Waals surface area contributed by atoms with Crippen molar-refractivity contribution in [2.75, 3.05) is 47.5 Å². The van der Waals surface area contributed by atoms with Crippen LogP contribution in [0.5, 0.6) is 0 Å². The van der Waals surface area contributed by atoms with Gasteiger partial charge in [-0.15, -0.1) is 0 Å². The van der Waals surface area contributed by atoms with Gasteiger partial charge >= 0.3 is 17.9 Å². The van der Waals surface area contributed by atoms with E-state index in [9.17, 15) is 19.5 Å². The number of carbonyl (C=O) groups is 3. The Labute approximate surface area is 571 Å². The molecule has 0 aliphatic carbocycles. The lowest BCUT2D eigenvalue weighted by molar-refractivity contribution is -0.870. The van der Waals surface area contributed by atoms with Gasteiger partial charge in [-0.2, -0.15) is 0 Å². The van der Waals surface area contributed by atoms with Crippen LogP contribution in [0.25, 0.3) is 0 Å². The summed E-state index contributed by atoms with van der Waals surface area (Å²) < 4.78 is 23.0. The number of unbranched alkanes of at least 4 members (excludes halogenated alkanes) is 24. The maximum atomic E-state index is 13.0. The van der Waals surface area contributed by atoms with Crippen LogP contribution >= 0.6 is 0 Å². The number of allylic oxidation sites excluding steroid dienone is 28. The molecule has 9 heteroatoms. The highest BCUT2D eigenvalue weighted by Gasteiger charge is 2.25. The Morgan fingerprint density at radius 2 is 0.581 bits per heavy atom. The summed E-state index contributed by atoms with van der Waals surface area (Å²) in [5.74, 6) is -2.02. The van der Waals surface area contributed by atoms with Gasteiger partial charge in [0.2, 0.25) is 0 Å². The van der Waals surface area contributed by atoms with Crippen molar-refractivity contribution in [1.29, 1.82) is 0 Å². The van der Waals surface area contributed by atoms with E-state index in [4.69, 9.17) is 18.9 Å². The predicted molar refractivity (Wildman–Crippen MR) is 400 cm³/mol. The molecule has 2 unspecified atom stereocenters. The molecule has 0 aromatic rings. The minimum atomic E-state index is -1.52.